The molecular weight excluding hydrogens is 787 g/mol. The Morgan fingerprint density at radius 2 is 1.57 bits per heavy atom. The molecule has 286 valence electrons. The number of nitro benzene ring substituents is 1. The normalized spacial score (nSPS) is 25.4. The fourth-order valence-corrected chi connectivity index (χ4v) is 9.78. The van der Waals surface area contributed by atoms with Crippen LogP contribution in [0.4, 0.5) is 17.1 Å². The minimum atomic E-state index is -1.68. The Bertz CT molecular complexity index is 2390. The Labute approximate surface area is 334 Å². The molecule has 4 amide bonds. The molecule has 0 radical (unpaired) electrons. The van der Waals surface area contributed by atoms with E-state index in [1.807, 2.05) is 6.08 Å². The lowest BCUT2D eigenvalue weighted by molar-refractivity contribution is -0.384. The number of nitrogens with zero attached hydrogens (tertiary/aromatic N) is 3. The number of amides is 4. The highest BCUT2D eigenvalue weighted by molar-refractivity contribution is 6.36. The lowest BCUT2D eigenvalue weighted by Crippen LogP contribution is -2.53. The number of nitro groups is 1. The van der Waals surface area contributed by atoms with Crippen molar-refractivity contribution in [3.8, 4) is 17.2 Å². The molecule has 1 saturated carbocycles. The molecule has 3 fully saturated rings. The number of halogens is 3. The number of allylic oxidation sites excluding steroid dienone is 2. The summed E-state index contributed by atoms with van der Waals surface area (Å²) < 4.78 is 11.0. The van der Waals surface area contributed by atoms with Crippen molar-refractivity contribution in [2.75, 3.05) is 24.5 Å². The SMILES string of the molecule is COc1ccc(C23C(=O)N(Nc4ccc(Cl)cc4Cl)C(=O)C2CC2C(=CCC4C(=O)N(c5ccc([N+](=O)[O-])cc5)C(=O)C42)C3c2cc(Cl)c(O)c(OC)c2)cc1. The van der Waals surface area contributed by atoms with E-state index in [0.29, 0.717) is 27.5 Å². The van der Waals surface area contributed by atoms with Gasteiger partial charge in [0.25, 0.3) is 17.5 Å². The maximum Gasteiger partial charge on any atom is 0.269 e. The van der Waals surface area contributed by atoms with Crippen LogP contribution < -0.4 is 19.8 Å². The van der Waals surface area contributed by atoms with E-state index >= 15 is 4.79 Å². The van der Waals surface area contributed by atoms with Gasteiger partial charge in [-0.05, 0) is 84.5 Å². The van der Waals surface area contributed by atoms with Crippen LogP contribution in [0, 0.1) is 33.8 Å². The van der Waals surface area contributed by atoms with Crippen molar-refractivity contribution in [1.29, 1.82) is 0 Å². The molecule has 2 heterocycles. The number of phenolic OH excluding ortho intramolecular Hbond substituents is 1. The molecule has 8 rings (SSSR count). The highest BCUT2D eigenvalue weighted by atomic mass is 35.5. The molecule has 4 aliphatic rings. The first-order valence-electron chi connectivity index (χ1n) is 17.4. The zero-order chi connectivity index (χ0) is 39.8. The maximum absolute atomic E-state index is 15.5. The molecule has 6 atom stereocenters. The molecule has 13 nitrogen and oxygen atoms in total. The molecule has 0 spiro atoms. The molecule has 2 N–H and O–H groups in total. The molecule has 2 saturated heterocycles. The van der Waals surface area contributed by atoms with Crippen LogP contribution in [0.3, 0.4) is 0 Å². The minimum absolute atomic E-state index is 0.0112. The second-order valence-corrected chi connectivity index (χ2v) is 15.3. The number of carbonyl (C=O) groups is 4. The Morgan fingerprint density at radius 3 is 2.21 bits per heavy atom. The number of phenols is 1. The summed E-state index contributed by atoms with van der Waals surface area (Å²) in [5, 5.41) is 23.5. The van der Waals surface area contributed by atoms with E-state index in [2.05, 4.69) is 5.43 Å². The number of aromatic hydroxyl groups is 1. The monoisotopic (exact) mass is 816 g/mol. The van der Waals surface area contributed by atoms with Crippen LogP contribution in [0.2, 0.25) is 15.1 Å². The highest BCUT2D eigenvalue weighted by Gasteiger charge is 2.70. The standard InChI is InChI=1S/C40H31Cl3N4O9/c1-55-24-10-3-20(4-11-24)40-28(37(50)46(39(40)52)44-31-14-5-21(41)17-29(31)42)18-27-25(34(40)19-15-30(43)35(48)32(16-19)56-2)12-13-26-33(27)38(51)45(36(26)49)22-6-8-23(9-7-22)47(53)54/h3-12,14-17,26-28,33-34,44,48H,13,18H2,1-2H3. The van der Waals surface area contributed by atoms with Gasteiger partial charge in [-0.2, -0.15) is 5.01 Å². The van der Waals surface area contributed by atoms with Crippen molar-refractivity contribution in [3.63, 3.8) is 0 Å². The topological polar surface area (TPSA) is 169 Å². The number of rotatable bonds is 8. The van der Waals surface area contributed by atoms with Crippen molar-refractivity contribution < 1.29 is 38.7 Å². The molecule has 2 aliphatic carbocycles. The summed E-state index contributed by atoms with van der Waals surface area (Å²) in [5.74, 6) is -6.65. The van der Waals surface area contributed by atoms with Crippen molar-refractivity contribution >= 4 is 75.5 Å². The van der Waals surface area contributed by atoms with Gasteiger partial charge < -0.3 is 14.6 Å². The van der Waals surface area contributed by atoms with Crippen molar-refractivity contribution in [1.82, 2.24) is 5.01 Å². The Kier molecular flexibility index (Phi) is 9.22. The third kappa shape index (κ3) is 5.51. The number of hydrogen-bond acceptors (Lipinski definition) is 10. The Balaban J connectivity index is 1.33. The first kappa shape index (κ1) is 37.3. The van der Waals surface area contributed by atoms with E-state index in [0.717, 1.165) is 9.91 Å². The summed E-state index contributed by atoms with van der Waals surface area (Å²) in [6, 6.07) is 19.6. The summed E-state index contributed by atoms with van der Waals surface area (Å²) in [4.78, 5) is 70.9. The lowest BCUT2D eigenvalue weighted by Gasteiger charge is -2.50. The number of nitrogens with one attached hydrogen (secondary N) is 1. The molecule has 0 aromatic heterocycles. The maximum atomic E-state index is 15.5. The van der Waals surface area contributed by atoms with Gasteiger partial charge >= 0.3 is 0 Å². The van der Waals surface area contributed by atoms with E-state index < -0.39 is 63.6 Å². The average Bonchev–Trinajstić information content (AvgIpc) is 3.57. The highest BCUT2D eigenvalue weighted by Crippen LogP contribution is 2.65. The van der Waals surface area contributed by atoms with Crippen molar-refractivity contribution in [2.45, 2.75) is 24.2 Å². The molecule has 4 aromatic rings. The predicted molar refractivity (Wildman–Crippen MR) is 206 cm³/mol. The molecule has 2 aliphatic heterocycles. The summed E-state index contributed by atoms with van der Waals surface area (Å²) in [6.45, 7) is 0. The van der Waals surface area contributed by atoms with Gasteiger partial charge in [-0.15, -0.1) is 0 Å². The van der Waals surface area contributed by atoms with Gasteiger partial charge in [-0.3, -0.25) is 39.6 Å². The number of non-ortho nitro benzene ring substituents is 1. The van der Waals surface area contributed by atoms with Gasteiger partial charge in [-0.1, -0.05) is 58.6 Å². The Hall–Kier alpha value is -5.63. The number of methoxy groups -OCH3 is 2. The quantitative estimate of drug-likeness (QED) is 0.0788. The molecule has 0 bridgehead atoms. The van der Waals surface area contributed by atoms with Crippen molar-refractivity contribution in [3.05, 3.63) is 127 Å². The van der Waals surface area contributed by atoms with E-state index in [1.165, 1.54) is 56.7 Å². The van der Waals surface area contributed by atoms with Gasteiger partial charge in [0.15, 0.2) is 11.5 Å². The fourth-order valence-electron chi connectivity index (χ4n) is 9.11. The average molecular weight is 818 g/mol. The fraction of sp³-hybridized carbons (Fsp3) is 0.250. The van der Waals surface area contributed by atoms with Gasteiger partial charge in [0, 0.05) is 23.1 Å². The largest absolute Gasteiger partial charge is 0.503 e. The van der Waals surface area contributed by atoms with Gasteiger partial charge in [0.05, 0.1) is 63.7 Å². The van der Waals surface area contributed by atoms with Crippen LogP contribution >= 0.6 is 34.8 Å². The number of ether oxygens (including phenoxy) is 2. The van der Waals surface area contributed by atoms with Gasteiger partial charge in [0.2, 0.25) is 11.8 Å². The minimum Gasteiger partial charge on any atom is -0.503 e. The summed E-state index contributed by atoms with van der Waals surface area (Å²) >= 11 is 19.3. The summed E-state index contributed by atoms with van der Waals surface area (Å²) in [5.41, 5.74) is 2.97. The number of fused-ring (bicyclic) bond motifs is 4. The third-order valence-corrected chi connectivity index (χ3v) is 12.3. The third-order valence-electron chi connectivity index (χ3n) is 11.5. The number of imide groups is 2. The molecular formula is C40H31Cl3N4O9. The van der Waals surface area contributed by atoms with Crippen molar-refractivity contribution in [2.24, 2.45) is 23.7 Å². The first-order valence-corrected chi connectivity index (χ1v) is 18.6. The van der Waals surface area contributed by atoms with Gasteiger partial charge in [0.1, 0.15) is 5.75 Å². The number of anilines is 2. The van der Waals surface area contributed by atoms with Crippen LogP contribution in [0.15, 0.2) is 90.5 Å². The van der Waals surface area contributed by atoms with Crippen LogP contribution in [0.25, 0.3) is 0 Å². The lowest BCUT2D eigenvalue weighted by atomic mass is 9.49. The number of hydrazine groups is 1. The first-order chi connectivity index (χ1) is 26.8. The van der Waals surface area contributed by atoms with E-state index in [-0.39, 0.29) is 51.4 Å². The molecule has 16 heteroatoms. The van der Waals surface area contributed by atoms with Crippen LogP contribution in [0.1, 0.15) is 29.9 Å². The smallest absolute Gasteiger partial charge is 0.269 e. The second kappa shape index (κ2) is 13.8. The molecule has 6 unspecified atom stereocenters. The summed E-state index contributed by atoms with van der Waals surface area (Å²) in [6.07, 6.45) is 1.97. The van der Waals surface area contributed by atoms with Crippen LogP contribution in [-0.2, 0) is 24.6 Å². The van der Waals surface area contributed by atoms with E-state index in [4.69, 9.17) is 44.3 Å². The number of carbonyl (C=O) groups excluding carboxylic acids is 4. The van der Waals surface area contributed by atoms with E-state index in [9.17, 15) is 29.6 Å². The van der Waals surface area contributed by atoms with E-state index in [1.54, 1.807) is 36.4 Å². The second-order valence-electron chi connectivity index (χ2n) is 14.1. The van der Waals surface area contributed by atoms with Crippen LogP contribution in [-0.4, -0.2) is 52.9 Å². The zero-order valence-corrected chi connectivity index (χ0v) is 31.8. The zero-order valence-electron chi connectivity index (χ0n) is 29.6. The molecule has 56 heavy (non-hydrogen) atoms. The number of hydrogen-bond donors (Lipinski definition) is 2. The molecule has 4 aromatic carbocycles. The summed E-state index contributed by atoms with van der Waals surface area (Å²) in [7, 11) is 2.86. The van der Waals surface area contributed by atoms with Gasteiger partial charge in [-0.25, -0.2) is 0 Å². The van der Waals surface area contributed by atoms with Crippen LogP contribution in [0.5, 0.6) is 17.2 Å². The number of benzene rings is 4. The Morgan fingerprint density at radius 1 is 0.857 bits per heavy atom. The predicted octanol–water partition coefficient (Wildman–Crippen LogP) is 7.47.